The van der Waals surface area contributed by atoms with Gasteiger partial charge in [-0.3, -0.25) is 4.79 Å². The second-order valence-electron chi connectivity index (χ2n) is 5.64. The van der Waals surface area contributed by atoms with Gasteiger partial charge in [0.2, 0.25) is 10.0 Å². The summed E-state index contributed by atoms with van der Waals surface area (Å²) in [6, 6.07) is 10.7. The molecule has 0 heterocycles. The fourth-order valence-corrected chi connectivity index (χ4v) is 3.40. The number of anilines is 1. The van der Waals surface area contributed by atoms with Crippen molar-refractivity contribution in [1.82, 2.24) is 4.31 Å². The summed E-state index contributed by atoms with van der Waals surface area (Å²) in [4.78, 5) is 12.4. The number of hydrogen-bond donors (Lipinski definition) is 1. The molecule has 0 saturated carbocycles. The van der Waals surface area contributed by atoms with E-state index in [0.29, 0.717) is 16.5 Å². The standard InChI is InChI=1S/C17H18Cl2N2O4S/c1-11(25-16-8-7-12(18)9-15(16)19)17(22)20-13-5-4-6-14(10-13)26(23,24)21(2)3/h4-11H,1-3H3,(H,20,22)/t11-/m0/s1. The summed E-state index contributed by atoms with van der Waals surface area (Å²) in [5.41, 5.74) is 0.343. The molecule has 6 nitrogen and oxygen atoms in total. The molecule has 0 fully saturated rings. The zero-order chi connectivity index (χ0) is 19.5. The molecule has 0 saturated heterocycles. The molecule has 0 aliphatic carbocycles. The van der Waals surface area contributed by atoms with Crippen LogP contribution in [0.15, 0.2) is 47.4 Å². The predicted molar refractivity (Wildman–Crippen MR) is 102 cm³/mol. The van der Waals surface area contributed by atoms with Crippen molar-refractivity contribution >= 4 is 44.8 Å². The maximum Gasteiger partial charge on any atom is 0.265 e. The molecular weight excluding hydrogens is 399 g/mol. The molecule has 2 aromatic carbocycles. The van der Waals surface area contributed by atoms with Crippen LogP contribution in [0, 0.1) is 0 Å². The Morgan fingerprint density at radius 2 is 1.85 bits per heavy atom. The van der Waals surface area contributed by atoms with Crippen LogP contribution in [0.3, 0.4) is 0 Å². The maximum absolute atomic E-state index is 12.3. The Bertz CT molecular complexity index is 917. The molecule has 0 bridgehead atoms. The van der Waals surface area contributed by atoms with Gasteiger partial charge in [-0.25, -0.2) is 12.7 Å². The lowest BCUT2D eigenvalue weighted by Gasteiger charge is -2.16. The molecule has 1 N–H and O–H groups in total. The highest BCUT2D eigenvalue weighted by molar-refractivity contribution is 7.89. The van der Waals surface area contributed by atoms with Crippen LogP contribution in [-0.2, 0) is 14.8 Å². The molecule has 140 valence electrons. The number of benzene rings is 2. The van der Waals surface area contributed by atoms with Gasteiger partial charge in [0.05, 0.1) is 9.92 Å². The average molecular weight is 417 g/mol. The van der Waals surface area contributed by atoms with Crippen molar-refractivity contribution in [2.75, 3.05) is 19.4 Å². The van der Waals surface area contributed by atoms with E-state index in [9.17, 15) is 13.2 Å². The Hall–Kier alpha value is -1.80. The van der Waals surface area contributed by atoms with E-state index in [-0.39, 0.29) is 9.92 Å². The molecule has 0 aliphatic rings. The Balaban J connectivity index is 2.12. The number of rotatable bonds is 6. The van der Waals surface area contributed by atoms with Crippen molar-refractivity contribution in [1.29, 1.82) is 0 Å². The molecule has 9 heteroatoms. The monoisotopic (exact) mass is 416 g/mol. The minimum absolute atomic E-state index is 0.0783. The van der Waals surface area contributed by atoms with E-state index in [1.807, 2.05) is 0 Å². The number of carbonyl (C=O) groups is 1. The van der Waals surface area contributed by atoms with E-state index < -0.39 is 22.0 Å². The van der Waals surface area contributed by atoms with Gasteiger partial charge in [-0.05, 0) is 43.3 Å². The number of nitrogens with zero attached hydrogens (tertiary/aromatic N) is 1. The van der Waals surface area contributed by atoms with Gasteiger partial charge >= 0.3 is 0 Å². The molecule has 1 amide bonds. The number of nitrogens with one attached hydrogen (secondary N) is 1. The number of carbonyl (C=O) groups excluding carboxylic acids is 1. The Morgan fingerprint density at radius 3 is 2.46 bits per heavy atom. The molecule has 2 rings (SSSR count). The quantitative estimate of drug-likeness (QED) is 0.779. The Kier molecular flexibility index (Phi) is 6.52. The molecule has 0 spiro atoms. The second kappa shape index (κ2) is 8.26. The van der Waals surface area contributed by atoms with Crippen LogP contribution in [0.2, 0.25) is 10.0 Å². The number of ether oxygens (including phenoxy) is 1. The first-order chi connectivity index (χ1) is 12.1. The van der Waals surface area contributed by atoms with Crippen molar-refractivity contribution in [3.8, 4) is 5.75 Å². The largest absolute Gasteiger partial charge is 0.479 e. The van der Waals surface area contributed by atoms with Crippen LogP contribution in [0.4, 0.5) is 5.69 Å². The number of sulfonamides is 1. The van der Waals surface area contributed by atoms with E-state index in [2.05, 4.69) is 5.32 Å². The van der Waals surface area contributed by atoms with Gasteiger partial charge < -0.3 is 10.1 Å². The van der Waals surface area contributed by atoms with Crippen LogP contribution in [-0.4, -0.2) is 38.8 Å². The molecule has 1 atom stereocenters. The zero-order valence-corrected chi connectivity index (χ0v) is 16.7. The molecule has 0 aliphatic heterocycles. The van der Waals surface area contributed by atoms with Crippen LogP contribution in [0.25, 0.3) is 0 Å². The molecule has 0 radical (unpaired) electrons. The van der Waals surface area contributed by atoms with Gasteiger partial charge in [0.15, 0.2) is 6.10 Å². The summed E-state index contributed by atoms with van der Waals surface area (Å²) < 4.78 is 31.0. The molecule has 0 unspecified atom stereocenters. The van der Waals surface area contributed by atoms with Crippen LogP contribution >= 0.6 is 23.2 Å². The third kappa shape index (κ3) is 4.88. The van der Waals surface area contributed by atoms with Crippen molar-refractivity contribution in [2.24, 2.45) is 0 Å². The minimum atomic E-state index is -3.59. The maximum atomic E-state index is 12.3. The van der Waals surface area contributed by atoms with E-state index in [1.165, 1.54) is 32.3 Å². The summed E-state index contributed by atoms with van der Waals surface area (Å²) in [7, 11) is -0.719. The van der Waals surface area contributed by atoms with Gasteiger partial charge in [-0.2, -0.15) is 0 Å². The van der Waals surface area contributed by atoms with Gasteiger partial charge in [-0.15, -0.1) is 0 Å². The second-order valence-corrected chi connectivity index (χ2v) is 8.63. The van der Waals surface area contributed by atoms with Gasteiger partial charge in [0.1, 0.15) is 5.75 Å². The zero-order valence-electron chi connectivity index (χ0n) is 14.4. The van der Waals surface area contributed by atoms with Gasteiger partial charge in [0, 0.05) is 24.8 Å². The van der Waals surface area contributed by atoms with Crippen molar-refractivity contribution in [2.45, 2.75) is 17.9 Å². The lowest BCUT2D eigenvalue weighted by atomic mass is 10.3. The SMILES string of the molecule is C[C@H](Oc1ccc(Cl)cc1Cl)C(=O)Nc1cccc(S(=O)(=O)N(C)C)c1. The first kappa shape index (κ1) is 20.5. The molecule has 2 aromatic rings. The number of hydrogen-bond acceptors (Lipinski definition) is 4. The first-order valence-corrected chi connectivity index (χ1v) is 9.76. The molecule has 26 heavy (non-hydrogen) atoms. The van der Waals surface area contributed by atoms with Gasteiger partial charge in [-0.1, -0.05) is 29.3 Å². The molecule has 0 aromatic heterocycles. The summed E-state index contributed by atoms with van der Waals surface area (Å²) in [6.07, 6.45) is -0.859. The average Bonchev–Trinajstić information content (AvgIpc) is 2.57. The Labute approximate surface area is 162 Å². The fraction of sp³-hybridized carbons (Fsp3) is 0.235. The molecular formula is C17H18Cl2N2O4S. The fourth-order valence-electron chi connectivity index (χ4n) is 2.00. The van der Waals surface area contributed by atoms with Crippen molar-refractivity contribution < 1.29 is 17.9 Å². The van der Waals surface area contributed by atoms with Crippen LogP contribution in [0.5, 0.6) is 5.75 Å². The highest BCUT2D eigenvalue weighted by Crippen LogP contribution is 2.28. The van der Waals surface area contributed by atoms with Gasteiger partial charge in [0.25, 0.3) is 5.91 Å². The summed E-state index contributed by atoms with van der Waals surface area (Å²) in [5, 5.41) is 3.37. The third-order valence-corrected chi connectivity index (χ3v) is 5.79. The topological polar surface area (TPSA) is 75.7 Å². The third-order valence-electron chi connectivity index (χ3n) is 3.45. The van der Waals surface area contributed by atoms with E-state index in [1.54, 1.807) is 31.2 Å². The highest BCUT2D eigenvalue weighted by atomic mass is 35.5. The lowest BCUT2D eigenvalue weighted by Crippen LogP contribution is -2.30. The van der Waals surface area contributed by atoms with E-state index in [4.69, 9.17) is 27.9 Å². The highest BCUT2D eigenvalue weighted by Gasteiger charge is 2.20. The smallest absolute Gasteiger partial charge is 0.265 e. The summed E-state index contributed by atoms with van der Waals surface area (Å²) >= 11 is 11.9. The number of amides is 1. The van der Waals surface area contributed by atoms with E-state index >= 15 is 0 Å². The number of halogens is 2. The normalized spacial score (nSPS) is 12.7. The van der Waals surface area contributed by atoms with Crippen LogP contribution in [0.1, 0.15) is 6.92 Å². The summed E-state index contributed by atoms with van der Waals surface area (Å²) in [5.74, 6) is -0.127. The van der Waals surface area contributed by atoms with E-state index in [0.717, 1.165) is 4.31 Å². The van der Waals surface area contributed by atoms with Crippen molar-refractivity contribution in [3.63, 3.8) is 0 Å². The Morgan fingerprint density at radius 1 is 1.15 bits per heavy atom. The first-order valence-electron chi connectivity index (χ1n) is 7.56. The summed E-state index contributed by atoms with van der Waals surface area (Å²) in [6.45, 7) is 1.56. The van der Waals surface area contributed by atoms with Crippen LogP contribution < -0.4 is 10.1 Å². The lowest BCUT2D eigenvalue weighted by molar-refractivity contribution is -0.122. The predicted octanol–water partition coefficient (Wildman–Crippen LogP) is 3.65. The van der Waals surface area contributed by atoms with Crippen molar-refractivity contribution in [3.05, 3.63) is 52.5 Å². The minimum Gasteiger partial charge on any atom is -0.479 e.